The van der Waals surface area contributed by atoms with E-state index in [4.69, 9.17) is 9.72 Å². The number of anilines is 2. The first-order chi connectivity index (χ1) is 12.4. The van der Waals surface area contributed by atoms with Crippen molar-refractivity contribution >= 4 is 28.8 Å². The second kappa shape index (κ2) is 7.35. The maximum atomic E-state index is 11.8. The van der Waals surface area contributed by atoms with Crippen molar-refractivity contribution in [3.8, 4) is 0 Å². The monoisotopic (exact) mass is 357 g/mol. The molecule has 2 heterocycles. The second-order valence-corrected chi connectivity index (χ2v) is 7.62. The first kappa shape index (κ1) is 18.2. The summed E-state index contributed by atoms with van der Waals surface area (Å²) in [5.41, 5.74) is 1.29. The Morgan fingerprint density at radius 3 is 2.62 bits per heavy atom. The second-order valence-electron chi connectivity index (χ2n) is 7.62. The Hall–Kier alpha value is -2.57. The Morgan fingerprint density at radius 1 is 1.27 bits per heavy atom. The zero-order chi connectivity index (χ0) is 18.7. The van der Waals surface area contributed by atoms with Crippen LogP contribution in [-0.4, -0.2) is 48.3 Å². The molecule has 3 rings (SSSR count). The van der Waals surface area contributed by atoms with Gasteiger partial charge in [0.1, 0.15) is 5.60 Å². The number of rotatable bonds is 4. The van der Waals surface area contributed by atoms with Crippen molar-refractivity contribution in [3.05, 3.63) is 24.3 Å². The van der Waals surface area contributed by atoms with Gasteiger partial charge in [0.2, 0.25) is 0 Å². The summed E-state index contributed by atoms with van der Waals surface area (Å²) in [7, 11) is 1.86. The number of fused-ring (bicyclic) bond motifs is 1. The summed E-state index contributed by atoms with van der Waals surface area (Å²) in [5, 5.41) is 6.02. The molecule has 1 amide bonds. The average Bonchev–Trinajstić information content (AvgIpc) is 3.06. The van der Waals surface area contributed by atoms with Gasteiger partial charge in [-0.3, -0.25) is 0 Å². The number of carbonyl (C=O) groups excluding carboxylic acids is 1. The Balaban J connectivity index is 1.65. The van der Waals surface area contributed by atoms with Crippen molar-refractivity contribution in [1.29, 1.82) is 0 Å². The van der Waals surface area contributed by atoms with E-state index in [2.05, 4.69) is 20.5 Å². The highest BCUT2D eigenvalue weighted by molar-refractivity contribution is 5.80. The molecule has 1 fully saturated rings. The van der Waals surface area contributed by atoms with Crippen LogP contribution in [-0.2, 0) is 4.74 Å². The van der Waals surface area contributed by atoms with Gasteiger partial charge in [-0.25, -0.2) is 14.8 Å². The molecule has 1 saturated heterocycles. The van der Waals surface area contributed by atoms with Gasteiger partial charge in [0.15, 0.2) is 11.6 Å². The quantitative estimate of drug-likeness (QED) is 0.876. The number of hydrogen-bond donors (Lipinski definition) is 2. The van der Waals surface area contributed by atoms with Crippen LogP contribution in [0.3, 0.4) is 0 Å². The molecule has 0 saturated carbocycles. The molecule has 1 aromatic heterocycles. The van der Waals surface area contributed by atoms with Crippen LogP contribution in [0.25, 0.3) is 11.0 Å². The van der Waals surface area contributed by atoms with Gasteiger partial charge < -0.3 is 20.3 Å². The van der Waals surface area contributed by atoms with E-state index in [9.17, 15) is 4.79 Å². The number of nitrogens with one attached hydrogen (secondary N) is 2. The molecule has 0 aliphatic carbocycles. The maximum Gasteiger partial charge on any atom is 0.407 e. The molecule has 1 aliphatic heterocycles. The number of carbonyl (C=O) groups is 1. The van der Waals surface area contributed by atoms with E-state index in [1.807, 2.05) is 52.1 Å². The first-order valence-corrected chi connectivity index (χ1v) is 9.02. The van der Waals surface area contributed by atoms with Crippen LogP contribution in [0, 0.1) is 5.92 Å². The van der Waals surface area contributed by atoms with Crippen LogP contribution in [0.15, 0.2) is 24.3 Å². The number of aromatic nitrogens is 2. The van der Waals surface area contributed by atoms with Crippen molar-refractivity contribution < 1.29 is 9.53 Å². The van der Waals surface area contributed by atoms with E-state index in [0.29, 0.717) is 12.5 Å². The highest BCUT2D eigenvalue weighted by Crippen LogP contribution is 2.29. The van der Waals surface area contributed by atoms with Gasteiger partial charge in [-0.2, -0.15) is 0 Å². The molecule has 7 nitrogen and oxygen atoms in total. The molecule has 1 atom stereocenters. The van der Waals surface area contributed by atoms with E-state index >= 15 is 0 Å². The number of para-hydroxylation sites is 2. The standard InChI is InChI=1S/C19H27N5O2/c1-19(2,3)26-18(25)21-11-13-9-10-24(12-13)17-16(20-4)22-14-7-5-6-8-15(14)23-17/h5-8,13H,9-12H2,1-4H3,(H,20,22)(H,21,25)/t13-/m0/s1. The molecular formula is C19H27N5O2. The van der Waals surface area contributed by atoms with Crippen LogP contribution >= 0.6 is 0 Å². The van der Waals surface area contributed by atoms with Gasteiger partial charge in [-0.15, -0.1) is 0 Å². The molecule has 0 bridgehead atoms. The average molecular weight is 357 g/mol. The first-order valence-electron chi connectivity index (χ1n) is 9.02. The summed E-state index contributed by atoms with van der Waals surface area (Å²) >= 11 is 0. The highest BCUT2D eigenvalue weighted by atomic mass is 16.6. The fraction of sp³-hybridized carbons (Fsp3) is 0.526. The molecule has 7 heteroatoms. The lowest BCUT2D eigenvalue weighted by atomic mass is 10.1. The Labute approximate surface area is 154 Å². The molecule has 2 aromatic rings. The van der Waals surface area contributed by atoms with Gasteiger partial charge in [0, 0.05) is 26.7 Å². The number of ether oxygens (including phenoxy) is 1. The van der Waals surface area contributed by atoms with Crippen molar-refractivity contribution in [2.24, 2.45) is 5.92 Å². The van der Waals surface area contributed by atoms with E-state index in [1.54, 1.807) is 0 Å². The zero-order valence-electron chi connectivity index (χ0n) is 15.9. The third-order valence-electron chi connectivity index (χ3n) is 4.31. The Kier molecular flexibility index (Phi) is 5.15. The predicted molar refractivity (Wildman–Crippen MR) is 104 cm³/mol. The third kappa shape index (κ3) is 4.33. The third-order valence-corrected chi connectivity index (χ3v) is 4.31. The summed E-state index contributed by atoms with van der Waals surface area (Å²) in [4.78, 5) is 23.5. The molecule has 0 spiro atoms. The van der Waals surface area contributed by atoms with Crippen molar-refractivity contribution in [3.63, 3.8) is 0 Å². The van der Waals surface area contributed by atoms with Crippen LogP contribution in [0.5, 0.6) is 0 Å². The molecule has 140 valence electrons. The van der Waals surface area contributed by atoms with Crippen molar-refractivity contribution in [2.75, 3.05) is 36.9 Å². The summed E-state index contributed by atoms with van der Waals surface area (Å²) in [6, 6.07) is 7.87. The normalized spacial score (nSPS) is 17.4. The predicted octanol–water partition coefficient (Wildman–Crippen LogP) is 3.02. The largest absolute Gasteiger partial charge is 0.444 e. The number of alkyl carbamates (subject to hydrolysis) is 1. The van der Waals surface area contributed by atoms with Crippen LogP contribution in [0.1, 0.15) is 27.2 Å². The SMILES string of the molecule is CNc1nc2ccccc2nc1N1CC[C@@H](CNC(=O)OC(C)(C)C)C1. The number of benzene rings is 1. The number of hydrogen-bond acceptors (Lipinski definition) is 6. The van der Waals surface area contributed by atoms with E-state index in [-0.39, 0.29) is 6.09 Å². The minimum absolute atomic E-state index is 0.362. The molecule has 2 N–H and O–H groups in total. The van der Waals surface area contributed by atoms with Crippen LogP contribution in [0.4, 0.5) is 16.4 Å². The smallest absolute Gasteiger partial charge is 0.407 e. The summed E-state index contributed by atoms with van der Waals surface area (Å²) < 4.78 is 5.30. The molecule has 1 aromatic carbocycles. The molecule has 0 unspecified atom stereocenters. The zero-order valence-corrected chi connectivity index (χ0v) is 15.9. The van der Waals surface area contributed by atoms with E-state index in [0.717, 1.165) is 42.2 Å². The van der Waals surface area contributed by atoms with Gasteiger partial charge in [-0.1, -0.05) is 12.1 Å². The number of amides is 1. The van der Waals surface area contributed by atoms with Gasteiger partial charge in [-0.05, 0) is 45.2 Å². The molecule has 0 radical (unpaired) electrons. The van der Waals surface area contributed by atoms with Gasteiger partial charge in [0.05, 0.1) is 11.0 Å². The summed E-state index contributed by atoms with van der Waals surface area (Å²) in [6.07, 6.45) is 0.630. The summed E-state index contributed by atoms with van der Waals surface area (Å²) in [5.74, 6) is 2.01. The van der Waals surface area contributed by atoms with Crippen LogP contribution < -0.4 is 15.5 Å². The minimum atomic E-state index is -0.478. The van der Waals surface area contributed by atoms with E-state index in [1.165, 1.54) is 0 Å². The van der Waals surface area contributed by atoms with Gasteiger partial charge >= 0.3 is 6.09 Å². The maximum absolute atomic E-state index is 11.8. The minimum Gasteiger partial charge on any atom is -0.444 e. The Morgan fingerprint density at radius 2 is 1.96 bits per heavy atom. The Bertz CT molecular complexity index is 787. The lowest BCUT2D eigenvalue weighted by Gasteiger charge is -2.22. The summed E-state index contributed by atoms with van der Waals surface area (Å²) in [6.45, 7) is 7.91. The van der Waals surface area contributed by atoms with Crippen molar-refractivity contribution in [2.45, 2.75) is 32.8 Å². The van der Waals surface area contributed by atoms with Gasteiger partial charge in [0.25, 0.3) is 0 Å². The molecule has 26 heavy (non-hydrogen) atoms. The lowest BCUT2D eigenvalue weighted by Crippen LogP contribution is -2.36. The fourth-order valence-electron chi connectivity index (χ4n) is 3.11. The van der Waals surface area contributed by atoms with Crippen LogP contribution in [0.2, 0.25) is 0 Å². The topological polar surface area (TPSA) is 79.4 Å². The lowest BCUT2D eigenvalue weighted by molar-refractivity contribution is 0.0520. The highest BCUT2D eigenvalue weighted by Gasteiger charge is 2.27. The van der Waals surface area contributed by atoms with Crippen molar-refractivity contribution in [1.82, 2.24) is 15.3 Å². The number of nitrogens with zero attached hydrogens (tertiary/aromatic N) is 3. The molecular weight excluding hydrogens is 330 g/mol. The fourth-order valence-corrected chi connectivity index (χ4v) is 3.11. The molecule has 1 aliphatic rings. The van der Waals surface area contributed by atoms with E-state index < -0.39 is 5.60 Å².